The van der Waals surface area contributed by atoms with Crippen LogP contribution in [-0.4, -0.2) is 18.7 Å². The molecule has 0 aliphatic rings. The van der Waals surface area contributed by atoms with Gasteiger partial charge in [0, 0.05) is 0 Å². The third-order valence-electron chi connectivity index (χ3n) is 2.87. The quantitative estimate of drug-likeness (QED) is 0.862. The summed E-state index contributed by atoms with van der Waals surface area (Å²) in [6, 6.07) is 16.6. The Balaban J connectivity index is 2.09. The van der Waals surface area contributed by atoms with Crippen LogP contribution in [0.4, 0.5) is 4.79 Å². The van der Waals surface area contributed by atoms with E-state index in [2.05, 4.69) is 5.32 Å². The van der Waals surface area contributed by atoms with Crippen LogP contribution in [0.15, 0.2) is 60.7 Å². The Morgan fingerprint density at radius 3 is 2.18 bits per heavy atom. The van der Waals surface area contributed by atoms with E-state index < -0.39 is 18.1 Å². The summed E-state index contributed by atoms with van der Waals surface area (Å²) in [6.07, 6.45) is -0.715. The van der Waals surface area contributed by atoms with Crippen molar-refractivity contribution in [1.29, 1.82) is 0 Å². The molecule has 0 aliphatic heterocycles. The van der Waals surface area contributed by atoms with Crippen molar-refractivity contribution in [2.75, 3.05) is 6.61 Å². The molecule has 0 saturated carbocycles. The van der Waals surface area contributed by atoms with Crippen molar-refractivity contribution in [1.82, 2.24) is 5.32 Å². The van der Waals surface area contributed by atoms with Gasteiger partial charge in [-0.25, -0.2) is 9.59 Å². The van der Waals surface area contributed by atoms with Crippen molar-refractivity contribution in [2.45, 2.75) is 13.0 Å². The Labute approximate surface area is 128 Å². The molecule has 0 saturated heterocycles. The lowest BCUT2D eigenvalue weighted by Gasteiger charge is -2.17. The van der Waals surface area contributed by atoms with Crippen molar-refractivity contribution < 1.29 is 19.1 Å². The fourth-order valence-electron chi connectivity index (χ4n) is 1.89. The molecule has 0 fully saturated rings. The van der Waals surface area contributed by atoms with Gasteiger partial charge in [0.2, 0.25) is 0 Å². The third kappa shape index (κ3) is 4.34. The van der Waals surface area contributed by atoms with Gasteiger partial charge in [-0.3, -0.25) is 0 Å². The third-order valence-corrected chi connectivity index (χ3v) is 2.87. The Morgan fingerprint density at radius 2 is 1.59 bits per heavy atom. The monoisotopic (exact) mass is 299 g/mol. The van der Waals surface area contributed by atoms with E-state index in [1.54, 1.807) is 55.5 Å². The van der Waals surface area contributed by atoms with Crippen molar-refractivity contribution >= 4 is 12.1 Å². The van der Waals surface area contributed by atoms with Crippen LogP contribution in [-0.2, 0) is 9.53 Å². The number of carbonyl (C=O) groups excluding carboxylic acids is 2. The molecule has 2 rings (SSSR count). The highest BCUT2D eigenvalue weighted by atomic mass is 16.6. The molecular formula is C17H17NO4. The summed E-state index contributed by atoms with van der Waals surface area (Å²) in [5, 5.41) is 2.53. The predicted molar refractivity (Wildman–Crippen MR) is 81.4 cm³/mol. The molecule has 5 heteroatoms. The standard InChI is InChI=1S/C17H17NO4/c1-2-21-16(19)15(13-9-5-3-6-10-13)18-17(20)22-14-11-7-4-8-12-14/h3-12,15H,2H2,1H3,(H,18,20)/t15-/m0/s1. The van der Waals surface area contributed by atoms with Crippen LogP contribution in [0.1, 0.15) is 18.5 Å². The molecule has 114 valence electrons. The van der Waals surface area contributed by atoms with Crippen LogP contribution >= 0.6 is 0 Å². The topological polar surface area (TPSA) is 64.6 Å². The van der Waals surface area contributed by atoms with Crippen LogP contribution in [0, 0.1) is 0 Å². The van der Waals surface area contributed by atoms with Gasteiger partial charge in [0.15, 0.2) is 6.04 Å². The number of benzene rings is 2. The van der Waals surface area contributed by atoms with E-state index in [0.717, 1.165) is 0 Å². The van der Waals surface area contributed by atoms with Gasteiger partial charge >= 0.3 is 12.1 Å². The molecule has 0 radical (unpaired) electrons. The van der Waals surface area contributed by atoms with E-state index >= 15 is 0 Å². The summed E-state index contributed by atoms with van der Waals surface area (Å²) in [5.74, 6) is -0.130. The van der Waals surface area contributed by atoms with Gasteiger partial charge in [-0.1, -0.05) is 48.5 Å². The Morgan fingerprint density at radius 1 is 1.00 bits per heavy atom. The zero-order valence-corrected chi connectivity index (χ0v) is 12.2. The van der Waals surface area contributed by atoms with E-state index in [9.17, 15) is 9.59 Å². The fourth-order valence-corrected chi connectivity index (χ4v) is 1.89. The average molecular weight is 299 g/mol. The van der Waals surface area contributed by atoms with Gasteiger partial charge in [-0.05, 0) is 24.6 Å². The maximum atomic E-state index is 12.0. The van der Waals surface area contributed by atoms with Crippen molar-refractivity contribution in [3.8, 4) is 5.75 Å². The molecule has 2 aromatic carbocycles. The summed E-state index contributed by atoms with van der Waals surface area (Å²) >= 11 is 0. The molecule has 0 heterocycles. The molecule has 1 atom stereocenters. The number of rotatable bonds is 5. The minimum atomic E-state index is -0.905. The molecule has 0 unspecified atom stereocenters. The molecule has 0 aliphatic carbocycles. The summed E-state index contributed by atoms with van der Waals surface area (Å²) in [7, 11) is 0. The molecule has 1 N–H and O–H groups in total. The summed E-state index contributed by atoms with van der Waals surface area (Å²) < 4.78 is 10.1. The molecule has 2 aromatic rings. The first-order valence-electron chi connectivity index (χ1n) is 6.95. The second kappa shape index (κ2) is 7.83. The molecule has 0 bridgehead atoms. The Bertz CT molecular complexity index is 613. The highest BCUT2D eigenvalue weighted by Crippen LogP contribution is 2.15. The van der Waals surface area contributed by atoms with Gasteiger partial charge in [0.05, 0.1) is 6.61 Å². The van der Waals surface area contributed by atoms with E-state index in [1.807, 2.05) is 12.1 Å². The molecule has 22 heavy (non-hydrogen) atoms. The number of esters is 1. The second-order valence-corrected chi connectivity index (χ2v) is 4.44. The smallest absolute Gasteiger partial charge is 0.413 e. The number of carbonyl (C=O) groups is 2. The normalized spacial score (nSPS) is 11.3. The fraction of sp³-hybridized carbons (Fsp3) is 0.176. The number of nitrogens with one attached hydrogen (secondary N) is 1. The first kappa shape index (κ1) is 15.6. The molecule has 5 nitrogen and oxygen atoms in total. The van der Waals surface area contributed by atoms with Crippen LogP contribution in [0.3, 0.4) is 0 Å². The average Bonchev–Trinajstić information content (AvgIpc) is 2.54. The molecule has 0 aromatic heterocycles. The predicted octanol–water partition coefficient (Wildman–Crippen LogP) is 3.08. The summed E-state index contributed by atoms with van der Waals surface area (Å²) in [5.41, 5.74) is 0.631. The number of hydrogen-bond donors (Lipinski definition) is 1. The number of amides is 1. The van der Waals surface area contributed by atoms with Crippen LogP contribution in [0.2, 0.25) is 0 Å². The Hall–Kier alpha value is -2.82. The van der Waals surface area contributed by atoms with Crippen molar-refractivity contribution in [3.05, 3.63) is 66.2 Å². The second-order valence-electron chi connectivity index (χ2n) is 4.44. The lowest BCUT2D eigenvalue weighted by Crippen LogP contribution is -2.36. The number of para-hydroxylation sites is 1. The Kier molecular flexibility index (Phi) is 5.54. The first-order valence-corrected chi connectivity index (χ1v) is 6.95. The lowest BCUT2D eigenvalue weighted by atomic mass is 10.1. The van der Waals surface area contributed by atoms with Crippen LogP contribution < -0.4 is 10.1 Å². The largest absolute Gasteiger partial charge is 0.464 e. The zero-order valence-electron chi connectivity index (χ0n) is 12.2. The maximum Gasteiger partial charge on any atom is 0.413 e. The van der Waals surface area contributed by atoms with Gasteiger partial charge in [0.1, 0.15) is 5.75 Å². The van der Waals surface area contributed by atoms with Crippen LogP contribution in [0.25, 0.3) is 0 Å². The minimum Gasteiger partial charge on any atom is -0.464 e. The minimum absolute atomic E-state index is 0.234. The number of ether oxygens (including phenoxy) is 2. The van der Waals surface area contributed by atoms with Gasteiger partial charge < -0.3 is 14.8 Å². The SMILES string of the molecule is CCOC(=O)[C@@H](NC(=O)Oc1ccccc1)c1ccccc1. The van der Waals surface area contributed by atoms with Crippen LogP contribution in [0.5, 0.6) is 5.75 Å². The van der Waals surface area contributed by atoms with Crippen molar-refractivity contribution in [3.63, 3.8) is 0 Å². The first-order chi connectivity index (χ1) is 10.7. The molecule has 0 spiro atoms. The van der Waals surface area contributed by atoms with E-state index in [1.165, 1.54) is 0 Å². The van der Waals surface area contributed by atoms with E-state index in [-0.39, 0.29) is 6.61 Å². The highest BCUT2D eigenvalue weighted by Gasteiger charge is 2.24. The van der Waals surface area contributed by atoms with Gasteiger partial charge in [-0.15, -0.1) is 0 Å². The summed E-state index contributed by atoms with van der Waals surface area (Å²) in [6.45, 7) is 1.94. The van der Waals surface area contributed by atoms with Gasteiger partial charge in [0.25, 0.3) is 0 Å². The lowest BCUT2D eigenvalue weighted by molar-refractivity contribution is -0.145. The zero-order chi connectivity index (χ0) is 15.8. The van der Waals surface area contributed by atoms with Gasteiger partial charge in [-0.2, -0.15) is 0 Å². The van der Waals surface area contributed by atoms with Crippen molar-refractivity contribution in [2.24, 2.45) is 0 Å². The molecule has 1 amide bonds. The van der Waals surface area contributed by atoms with E-state index in [4.69, 9.17) is 9.47 Å². The molecular weight excluding hydrogens is 282 g/mol. The maximum absolute atomic E-state index is 12.0. The summed E-state index contributed by atoms with van der Waals surface area (Å²) in [4.78, 5) is 24.0. The highest BCUT2D eigenvalue weighted by molar-refractivity contribution is 5.83. The number of hydrogen-bond acceptors (Lipinski definition) is 4. The van der Waals surface area contributed by atoms with E-state index in [0.29, 0.717) is 11.3 Å².